The number of anilines is 2. The number of amides is 8. The van der Waals surface area contributed by atoms with Crippen LogP contribution in [0.1, 0.15) is 121 Å². The molecule has 1 unspecified atom stereocenters. The lowest BCUT2D eigenvalue weighted by atomic mass is 9.83. The lowest BCUT2D eigenvalue weighted by Gasteiger charge is -2.42. The summed E-state index contributed by atoms with van der Waals surface area (Å²) in [5, 5.41) is 24.7. The van der Waals surface area contributed by atoms with Crippen LogP contribution in [0.4, 0.5) is 34.1 Å². The number of fused-ring (bicyclic) bond motifs is 5. The number of alkyl carbamates (subject to hydrolysis) is 1. The Morgan fingerprint density at radius 1 is 1.02 bits per heavy atom. The van der Waals surface area contributed by atoms with Crippen molar-refractivity contribution in [1.82, 2.24) is 26.2 Å². The Morgan fingerprint density at radius 3 is 2.34 bits per heavy atom. The third-order valence-electron chi connectivity index (χ3n) is 16.2. The molecule has 4 bridgehead atoms. The fourth-order valence-electron chi connectivity index (χ4n) is 10.6. The summed E-state index contributed by atoms with van der Waals surface area (Å²) in [7, 11) is 5.26. The van der Waals surface area contributed by atoms with Crippen molar-refractivity contribution in [3.05, 3.63) is 88.0 Å². The van der Waals surface area contributed by atoms with E-state index in [0.29, 0.717) is 42.2 Å². The second-order valence-corrected chi connectivity index (χ2v) is 24.5. The third-order valence-corrected chi connectivity index (χ3v) is 17.2. The molecule has 502 valence electrons. The topological polar surface area (TPSA) is 325 Å². The van der Waals surface area contributed by atoms with E-state index in [-0.39, 0.29) is 59.6 Å². The number of hydrogen-bond acceptors (Lipinski definition) is 16. The molecule has 29 heteroatoms. The average molecular weight is 1370 g/mol. The average Bonchev–Trinajstić information content (AvgIpc) is 1.59. The van der Waals surface area contributed by atoms with Crippen LogP contribution < -0.4 is 42.0 Å². The van der Waals surface area contributed by atoms with Crippen LogP contribution in [0.3, 0.4) is 0 Å². The van der Waals surface area contributed by atoms with E-state index in [9.17, 15) is 48.3 Å². The molecule has 5 rings (SSSR count). The van der Waals surface area contributed by atoms with Gasteiger partial charge in [0, 0.05) is 63.1 Å². The number of methoxy groups -OCH3 is 2. The highest BCUT2D eigenvalue weighted by atomic mass is 79.9. The first-order chi connectivity index (χ1) is 42.6. The van der Waals surface area contributed by atoms with Crippen molar-refractivity contribution in [3.8, 4) is 5.75 Å². The highest BCUT2D eigenvalue weighted by molar-refractivity contribution is 9.09. The van der Waals surface area contributed by atoms with E-state index in [1.165, 1.54) is 33.1 Å². The van der Waals surface area contributed by atoms with Gasteiger partial charge in [-0.3, -0.25) is 29.3 Å². The van der Waals surface area contributed by atoms with Crippen molar-refractivity contribution in [3.63, 3.8) is 0 Å². The second-order valence-electron chi connectivity index (χ2n) is 23.5. The number of nitrogens with zero attached hydrogens (tertiary/aromatic N) is 2. The number of likely N-dealkylation sites (N-methyl/N-ethyl adjacent to an activating group) is 1. The molecular formula is C62H83BrClF3N8O16. The van der Waals surface area contributed by atoms with Crippen molar-refractivity contribution >= 4 is 92.5 Å². The van der Waals surface area contributed by atoms with Crippen LogP contribution in [-0.4, -0.2) is 164 Å². The second kappa shape index (κ2) is 32.3. The fraction of sp³-hybridized carbons (Fsp3) is 0.565. The summed E-state index contributed by atoms with van der Waals surface area (Å²) < 4.78 is 79.9. The smallest absolute Gasteiger partial charge is 0.417 e. The molecule has 3 aliphatic heterocycles. The summed E-state index contributed by atoms with van der Waals surface area (Å²) in [6.07, 6.45) is -5.51. The van der Waals surface area contributed by atoms with Crippen molar-refractivity contribution in [2.24, 2.45) is 17.6 Å². The third kappa shape index (κ3) is 19.9. The van der Waals surface area contributed by atoms with Gasteiger partial charge in [-0.05, 0) is 108 Å². The molecule has 2 saturated heterocycles. The number of hydrogen-bond donors (Lipinski definition) is 7. The molecule has 8 N–H and O–H groups in total. The zero-order chi connectivity index (χ0) is 68.0. The summed E-state index contributed by atoms with van der Waals surface area (Å²) in [4.78, 5) is 123. The molecule has 8 amide bonds. The molecule has 0 saturated carbocycles. The summed E-state index contributed by atoms with van der Waals surface area (Å²) in [5.74, 6) is -7.03. The van der Waals surface area contributed by atoms with E-state index in [1.54, 1.807) is 65.0 Å². The Labute approximate surface area is 540 Å². The van der Waals surface area contributed by atoms with Crippen molar-refractivity contribution in [2.45, 2.75) is 172 Å². The van der Waals surface area contributed by atoms with E-state index in [1.807, 2.05) is 6.92 Å². The van der Waals surface area contributed by atoms with Gasteiger partial charge in [-0.15, -0.1) is 0 Å². The molecule has 0 aromatic heterocycles. The summed E-state index contributed by atoms with van der Waals surface area (Å²) in [6.45, 7) is 14.8. The number of esters is 2. The molecule has 0 aliphatic carbocycles. The molecule has 2 aromatic rings. The predicted molar refractivity (Wildman–Crippen MR) is 333 cm³/mol. The van der Waals surface area contributed by atoms with Gasteiger partial charge in [0.05, 0.1) is 42.6 Å². The van der Waals surface area contributed by atoms with Crippen LogP contribution >= 0.6 is 27.5 Å². The first kappa shape index (κ1) is 74.5. The summed E-state index contributed by atoms with van der Waals surface area (Å²) >= 11 is 9.97. The van der Waals surface area contributed by atoms with Crippen LogP contribution in [0, 0.1) is 11.8 Å². The number of aliphatic hydroxyl groups is 1. The maximum Gasteiger partial charge on any atom is 0.417 e. The fourth-order valence-corrected chi connectivity index (χ4v) is 11.1. The highest BCUT2D eigenvalue weighted by Gasteiger charge is 2.64. The molecule has 3 heterocycles. The first-order valence-electron chi connectivity index (χ1n) is 29.6. The molecule has 2 aromatic carbocycles. The Kier molecular flexibility index (Phi) is 26.5. The number of epoxide rings is 1. The van der Waals surface area contributed by atoms with Crippen LogP contribution in [0.15, 0.2) is 66.3 Å². The number of unbranched alkanes of at least 4 members (excludes halogenated alkanes) is 1. The van der Waals surface area contributed by atoms with E-state index in [2.05, 4.69) is 49.1 Å². The zero-order valence-electron chi connectivity index (χ0n) is 52.8. The Balaban J connectivity index is 1.38. The monoisotopic (exact) mass is 1370 g/mol. The SMILES string of the molecule is C=C(CBr)C(=O)OC(C)CCCCC(=O)N[C@H](C(=O)N[C@@H](CCCNC(N)=O)C(=O)Nc1ccc(C(=O)N(C)[C@@H](C)C(=O)O[C@H]2CC(=O)N(C)c3cc(cc(OC)c3Cl)C/C(C)=C/C=C/[C@@H](OC)[C@@]3(O)C[C@H](OC(=O)N3)[C@@H](C)[C@@H]3O[C@@]23C)c(C(F)(F)F)c1)C(C)C. The number of ether oxygens (including phenoxy) is 6. The Morgan fingerprint density at radius 2 is 1.71 bits per heavy atom. The number of urea groups is 1. The number of alkyl halides is 4. The molecule has 11 atom stereocenters. The van der Waals surface area contributed by atoms with Gasteiger partial charge >= 0.3 is 30.2 Å². The standard InChI is InChI=1S/C62H83BrClF3N8O16/c1-32(2)51(72-48(76)21-14-13-18-35(5)88-56(81)34(4)31-63)54(79)71-42(19-16-24-69-58(68)83)53(78)70-39-22-23-40(41(28-39)62(65,66)67)55(80)74(9)37(7)57(82)90-47-29-49(77)75(10)43-26-38(27-44(86-11)50(43)64)25-33(3)17-15-20-46(87-12)61(85)30-45(89-59(84)73-61)36(6)52-60(47,8)91-52/h15,17,20,22-23,26-28,32,35-37,42,45-47,51-52,85H,4,13-14,16,18-19,21,24-25,29-31H2,1-3,5-12H3,(H,70,78)(H,71,79)(H,72,76)(H,73,84)(H3,68,69,83)/b20-15+,33-17+/t35?,36-,37+,42+,45+,46-,47+,51+,52+,60+,61+/m1/s1. The van der Waals surface area contributed by atoms with Crippen LogP contribution in [0.2, 0.25) is 5.02 Å². The lowest BCUT2D eigenvalue weighted by Crippen LogP contribution is -2.63. The van der Waals surface area contributed by atoms with Gasteiger partial charge in [0.2, 0.25) is 23.6 Å². The van der Waals surface area contributed by atoms with Crippen LogP contribution in [-0.2, 0) is 65.0 Å². The molecule has 91 heavy (non-hydrogen) atoms. The number of rotatable bonds is 24. The van der Waals surface area contributed by atoms with E-state index in [4.69, 9.17) is 45.8 Å². The van der Waals surface area contributed by atoms with Gasteiger partial charge in [0.25, 0.3) is 5.91 Å². The largest absolute Gasteiger partial charge is 0.495 e. The van der Waals surface area contributed by atoms with Gasteiger partial charge in [0.1, 0.15) is 52.8 Å². The van der Waals surface area contributed by atoms with Gasteiger partial charge in [-0.2, -0.15) is 13.2 Å². The van der Waals surface area contributed by atoms with E-state index in [0.717, 1.165) is 24.8 Å². The molecular weight excluding hydrogens is 1290 g/mol. The zero-order valence-corrected chi connectivity index (χ0v) is 55.2. The predicted octanol–water partition coefficient (Wildman–Crippen LogP) is 7.30. The van der Waals surface area contributed by atoms with E-state index < -0.39 is 155 Å². The number of carbonyl (C=O) groups is 9. The molecule has 24 nitrogen and oxygen atoms in total. The molecule has 2 fully saturated rings. The van der Waals surface area contributed by atoms with Gasteiger partial charge in [0.15, 0.2) is 5.72 Å². The van der Waals surface area contributed by atoms with Gasteiger partial charge in [-0.1, -0.05) is 78.7 Å². The Bertz CT molecular complexity index is 3120. The number of nitrogens with one attached hydrogen (secondary N) is 5. The maximum absolute atomic E-state index is 15.1. The number of allylic oxidation sites excluding steroid dienone is 3. The van der Waals surface area contributed by atoms with Gasteiger partial charge < -0.3 is 70.3 Å². The number of carbonyl (C=O) groups excluding carboxylic acids is 9. The quantitative estimate of drug-likeness (QED) is 0.0135. The Hall–Kier alpha value is -7.27. The summed E-state index contributed by atoms with van der Waals surface area (Å²) in [5.41, 5.74) is 0.719. The maximum atomic E-state index is 15.1. The minimum atomic E-state index is -5.25. The van der Waals surface area contributed by atoms with Crippen LogP contribution in [0.5, 0.6) is 5.75 Å². The lowest BCUT2D eigenvalue weighted by molar-refractivity contribution is -0.158. The molecule has 3 aliphatic rings. The first-order valence-corrected chi connectivity index (χ1v) is 31.1. The number of nitrogens with two attached hydrogens (primary N) is 1. The number of primary amides is 1. The van der Waals surface area contributed by atoms with Gasteiger partial charge in [-0.25, -0.2) is 19.2 Å². The van der Waals surface area contributed by atoms with E-state index >= 15 is 13.2 Å². The molecule has 0 radical (unpaired) electrons. The minimum absolute atomic E-state index is 0.00594. The number of halogens is 5. The minimum Gasteiger partial charge on any atom is -0.495 e. The molecule has 0 spiro atoms. The highest BCUT2D eigenvalue weighted by Crippen LogP contribution is 2.49. The number of benzene rings is 2. The van der Waals surface area contributed by atoms with Crippen molar-refractivity contribution < 1.29 is 89.8 Å². The van der Waals surface area contributed by atoms with Crippen molar-refractivity contribution in [1.29, 1.82) is 0 Å². The normalized spacial score (nSPS) is 24.0. The van der Waals surface area contributed by atoms with Crippen LogP contribution in [0.25, 0.3) is 0 Å². The van der Waals surface area contributed by atoms with Crippen molar-refractivity contribution in [2.75, 3.05) is 50.4 Å². The summed E-state index contributed by atoms with van der Waals surface area (Å²) in [6, 6.07) is 0.497.